The van der Waals surface area contributed by atoms with Crippen LogP contribution in [-0.4, -0.2) is 24.6 Å². The highest BCUT2D eigenvalue weighted by atomic mass is 35.5. The second-order valence-electron chi connectivity index (χ2n) is 6.14. The molecule has 3 heteroatoms. The van der Waals surface area contributed by atoms with Gasteiger partial charge in [0.1, 0.15) is 0 Å². The van der Waals surface area contributed by atoms with Crippen LogP contribution in [0, 0.1) is 5.92 Å². The molecule has 110 valence electrons. The molecule has 0 aromatic heterocycles. The van der Waals surface area contributed by atoms with Crippen molar-refractivity contribution in [3.8, 4) is 0 Å². The first-order valence-electron chi connectivity index (χ1n) is 7.89. The van der Waals surface area contributed by atoms with Crippen molar-refractivity contribution in [1.82, 2.24) is 5.32 Å². The van der Waals surface area contributed by atoms with Crippen LogP contribution in [0.15, 0.2) is 18.2 Å². The highest BCUT2D eigenvalue weighted by molar-refractivity contribution is 7.99. The van der Waals surface area contributed by atoms with E-state index in [0.717, 1.165) is 10.9 Å². The van der Waals surface area contributed by atoms with Gasteiger partial charge in [-0.1, -0.05) is 23.7 Å². The van der Waals surface area contributed by atoms with Gasteiger partial charge in [-0.3, -0.25) is 0 Å². The van der Waals surface area contributed by atoms with Crippen molar-refractivity contribution in [2.75, 3.05) is 24.6 Å². The van der Waals surface area contributed by atoms with Crippen LogP contribution in [0.2, 0.25) is 5.02 Å². The molecular weight excluding hydrogens is 286 g/mol. The topological polar surface area (TPSA) is 12.0 Å². The van der Waals surface area contributed by atoms with Crippen LogP contribution in [0.25, 0.3) is 0 Å². The summed E-state index contributed by atoms with van der Waals surface area (Å²) >= 11 is 8.64. The molecule has 1 nitrogen and oxygen atoms in total. The summed E-state index contributed by atoms with van der Waals surface area (Å²) < 4.78 is 0. The minimum Gasteiger partial charge on any atom is -0.317 e. The third-order valence-corrected chi connectivity index (χ3v) is 6.09. The van der Waals surface area contributed by atoms with Crippen LogP contribution < -0.4 is 5.32 Å². The summed E-state index contributed by atoms with van der Waals surface area (Å²) in [6.07, 6.45) is 6.39. The monoisotopic (exact) mass is 309 g/mol. The lowest BCUT2D eigenvalue weighted by Crippen LogP contribution is -2.28. The summed E-state index contributed by atoms with van der Waals surface area (Å²) in [5.74, 6) is 4.11. The highest BCUT2D eigenvalue weighted by Crippen LogP contribution is 2.36. The fourth-order valence-electron chi connectivity index (χ4n) is 3.46. The Bertz CT molecular complexity index is 437. The van der Waals surface area contributed by atoms with E-state index in [2.05, 4.69) is 35.3 Å². The molecule has 20 heavy (non-hydrogen) atoms. The van der Waals surface area contributed by atoms with Gasteiger partial charge in [0.05, 0.1) is 0 Å². The smallest absolute Gasteiger partial charge is 0.0443 e. The maximum atomic E-state index is 6.56. The van der Waals surface area contributed by atoms with Crippen LogP contribution >= 0.6 is 23.4 Å². The number of hydrogen-bond donors (Lipinski definition) is 1. The molecule has 0 saturated carbocycles. The normalized spacial score (nSPS) is 22.1. The first kappa shape index (κ1) is 14.7. The van der Waals surface area contributed by atoms with Gasteiger partial charge in [0, 0.05) is 5.02 Å². The summed E-state index contributed by atoms with van der Waals surface area (Å²) in [6, 6.07) is 6.87. The number of thioether (sulfide) groups is 1. The summed E-state index contributed by atoms with van der Waals surface area (Å²) in [7, 11) is 0. The average molecular weight is 310 g/mol. The lowest BCUT2D eigenvalue weighted by molar-refractivity contribution is 0.372. The van der Waals surface area contributed by atoms with Crippen LogP contribution in [0.5, 0.6) is 0 Å². The van der Waals surface area contributed by atoms with E-state index < -0.39 is 0 Å². The number of piperidine rings is 1. The van der Waals surface area contributed by atoms with Gasteiger partial charge in [0.15, 0.2) is 0 Å². The Labute approximate surface area is 131 Å². The number of nitrogens with one attached hydrogen (secondary N) is 1. The van der Waals surface area contributed by atoms with Crippen molar-refractivity contribution in [2.45, 2.75) is 38.0 Å². The molecule has 2 aliphatic heterocycles. The standard InChI is InChI=1S/C17H24ClNS/c18-17-12-14(11-13-3-7-19-8-4-13)1-2-16(17)15-5-9-20-10-6-15/h1-2,12-13,15,19H,3-11H2. The largest absolute Gasteiger partial charge is 0.317 e. The Kier molecular flexibility index (Phi) is 5.30. The third kappa shape index (κ3) is 3.72. The van der Waals surface area contributed by atoms with E-state index in [1.807, 2.05) is 0 Å². The van der Waals surface area contributed by atoms with Gasteiger partial charge < -0.3 is 5.32 Å². The molecule has 2 saturated heterocycles. The molecule has 2 fully saturated rings. The Morgan fingerprint density at radius 3 is 2.55 bits per heavy atom. The first-order chi connectivity index (χ1) is 9.83. The molecule has 1 aromatic rings. The molecule has 1 N–H and O–H groups in total. The van der Waals surface area contributed by atoms with E-state index in [-0.39, 0.29) is 0 Å². The zero-order valence-electron chi connectivity index (χ0n) is 12.0. The van der Waals surface area contributed by atoms with E-state index in [1.165, 1.54) is 67.8 Å². The Balaban J connectivity index is 1.66. The van der Waals surface area contributed by atoms with Gasteiger partial charge in [-0.25, -0.2) is 0 Å². The Morgan fingerprint density at radius 1 is 1.10 bits per heavy atom. The minimum atomic E-state index is 0.691. The lowest BCUT2D eigenvalue weighted by atomic mass is 9.88. The molecule has 2 heterocycles. The van der Waals surface area contributed by atoms with Gasteiger partial charge in [-0.15, -0.1) is 0 Å². The quantitative estimate of drug-likeness (QED) is 0.882. The first-order valence-corrected chi connectivity index (χ1v) is 9.43. The molecular formula is C17H24ClNS. The molecule has 0 unspecified atom stereocenters. The predicted octanol–water partition coefficient (Wildman–Crippen LogP) is 4.49. The van der Waals surface area contributed by atoms with E-state index in [1.54, 1.807) is 0 Å². The summed E-state index contributed by atoms with van der Waals surface area (Å²) in [6.45, 7) is 2.35. The van der Waals surface area contributed by atoms with E-state index in [0.29, 0.717) is 5.92 Å². The van der Waals surface area contributed by atoms with E-state index in [4.69, 9.17) is 11.6 Å². The van der Waals surface area contributed by atoms with Crippen molar-refractivity contribution < 1.29 is 0 Å². The van der Waals surface area contributed by atoms with E-state index >= 15 is 0 Å². The molecule has 0 bridgehead atoms. The molecule has 0 spiro atoms. The van der Waals surface area contributed by atoms with Crippen LogP contribution in [0.4, 0.5) is 0 Å². The molecule has 0 atom stereocenters. The molecule has 0 amide bonds. The Morgan fingerprint density at radius 2 is 1.85 bits per heavy atom. The van der Waals surface area contributed by atoms with Gasteiger partial charge in [-0.05, 0) is 85.7 Å². The minimum absolute atomic E-state index is 0.691. The number of halogens is 1. The molecule has 0 aliphatic carbocycles. The SMILES string of the molecule is Clc1cc(CC2CCNCC2)ccc1C1CCSCC1. The summed E-state index contributed by atoms with van der Waals surface area (Å²) in [5.41, 5.74) is 2.82. The van der Waals surface area contributed by atoms with Gasteiger partial charge in [-0.2, -0.15) is 11.8 Å². The highest BCUT2D eigenvalue weighted by Gasteiger charge is 2.19. The zero-order chi connectivity index (χ0) is 13.8. The molecule has 2 aliphatic rings. The summed E-state index contributed by atoms with van der Waals surface area (Å²) in [4.78, 5) is 0. The van der Waals surface area contributed by atoms with Crippen molar-refractivity contribution >= 4 is 23.4 Å². The van der Waals surface area contributed by atoms with Crippen molar-refractivity contribution in [3.63, 3.8) is 0 Å². The summed E-state index contributed by atoms with van der Waals surface area (Å²) in [5, 5.41) is 4.44. The van der Waals surface area contributed by atoms with Crippen molar-refractivity contribution in [1.29, 1.82) is 0 Å². The fraction of sp³-hybridized carbons (Fsp3) is 0.647. The fourth-order valence-corrected chi connectivity index (χ4v) is 4.92. The Hall–Kier alpha value is -0.180. The predicted molar refractivity (Wildman–Crippen MR) is 90.0 cm³/mol. The zero-order valence-corrected chi connectivity index (χ0v) is 13.6. The van der Waals surface area contributed by atoms with Crippen LogP contribution in [0.3, 0.4) is 0 Å². The maximum Gasteiger partial charge on any atom is 0.0443 e. The van der Waals surface area contributed by atoms with Crippen LogP contribution in [0.1, 0.15) is 42.7 Å². The second-order valence-corrected chi connectivity index (χ2v) is 7.77. The second kappa shape index (κ2) is 7.20. The van der Waals surface area contributed by atoms with E-state index in [9.17, 15) is 0 Å². The van der Waals surface area contributed by atoms with Gasteiger partial charge in [0.25, 0.3) is 0 Å². The molecule has 3 rings (SSSR count). The maximum absolute atomic E-state index is 6.56. The van der Waals surface area contributed by atoms with Crippen molar-refractivity contribution in [3.05, 3.63) is 34.3 Å². The lowest BCUT2D eigenvalue weighted by Gasteiger charge is -2.24. The average Bonchev–Trinajstić information content (AvgIpc) is 2.49. The number of hydrogen-bond acceptors (Lipinski definition) is 2. The van der Waals surface area contributed by atoms with Crippen LogP contribution in [-0.2, 0) is 6.42 Å². The number of benzene rings is 1. The third-order valence-electron chi connectivity index (χ3n) is 4.71. The van der Waals surface area contributed by atoms with Crippen molar-refractivity contribution in [2.24, 2.45) is 5.92 Å². The van der Waals surface area contributed by atoms with Gasteiger partial charge >= 0.3 is 0 Å². The molecule has 0 radical (unpaired) electrons. The number of rotatable bonds is 3. The van der Waals surface area contributed by atoms with Gasteiger partial charge in [0.2, 0.25) is 0 Å². The molecule has 1 aromatic carbocycles.